The molecule has 0 bridgehead atoms. The molecule has 0 heterocycles. The number of alkyl halides is 9. The van der Waals surface area contributed by atoms with Crippen molar-refractivity contribution < 1.29 is 39.5 Å². The average Bonchev–Trinajstić information content (AvgIpc) is 2.67. The Balaban J connectivity index is 2.08. The average molecular weight is 464 g/mol. The Morgan fingerprint density at radius 2 is 0.548 bits per heavy atom. The Bertz CT molecular complexity index is 877. The lowest BCUT2D eigenvalue weighted by Gasteiger charge is -2.19. The van der Waals surface area contributed by atoms with Crippen molar-refractivity contribution in [2.45, 2.75) is 18.5 Å². The first-order valence-electron chi connectivity index (χ1n) is 8.78. The molecule has 0 amide bonds. The SMILES string of the molecule is FC(F)(F)c1ccc([SiH](c2ccc(C(F)(F)F)cc2)c2ccc(C(F)(F)F)cc2)cc1. The minimum absolute atomic E-state index is 0.424. The molecule has 0 spiro atoms. The highest BCUT2D eigenvalue weighted by atomic mass is 28.3. The van der Waals surface area contributed by atoms with Gasteiger partial charge < -0.3 is 0 Å². The van der Waals surface area contributed by atoms with E-state index in [4.69, 9.17) is 0 Å². The van der Waals surface area contributed by atoms with Crippen LogP contribution in [0.25, 0.3) is 0 Å². The van der Waals surface area contributed by atoms with Crippen LogP contribution in [-0.2, 0) is 18.5 Å². The van der Waals surface area contributed by atoms with Crippen molar-refractivity contribution in [3.05, 3.63) is 89.5 Å². The maximum absolute atomic E-state index is 12.9. The molecular weight excluding hydrogens is 451 g/mol. The van der Waals surface area contributed by atoms with Crippen molar-refractivity contribution in [1.82, 2.24) is 0 Å². The molecule has 0 nitrogen and oxygen atoms in total. The number of rotatable bonds is 3. The van der Waals surface area contributed by atoms with E-state index >= 15 is 0 Å². The molecule has 0 N–H and O–H groups in total. The molecule has 0 aliphatic rings. The van der Waals surface area contributed by atoms with E-state index in [2.05, 4.69) is 0 Å². The van der Waals surface area contributed by atoms with E-state index in [1.807, 2.05) is 0 Å². The zero-order chi connectivity index (χ0) is 23.0. The van der Waals surface area contributed by atoms with Gasteiger partial charge in [0.1, 0.15) is 8.80 Å². The van der Waals surface area contributed by atoms with Crippen LogP contribution in [0.1, 0.15) is 16.7 Å². The van der Waals surface area contributed by atoms with Crippen molar-refractivity contribution >= 4 is 24.4 Å². The first kappa shape index (κ1) is 22.9. The number of benzene rings is 3. The van der Waals surface area contributed by atoms with Crippen LogP contribution in [0.3, 0.4) is 0 Å². The highest BCUT2D eigenvalue weighted by molar-refractivity contribution is 6.95. The van der Waals surface area contributed by atoms with Crippen LogP contribution in [0.5, 0.6) is 0 Å². The van der Waals surface area contributed by atoms with Crippen molar-refractivity contribution in [3.8, 4) is 0 Å². The van der Waals surface area contributed by atoms with E-state index in [9.17, 15) is 39.5 Å². The summed E-state index contributed by atoms with van der Waals surface area (Å²) in [5.74, 6) is 0. The van der Waals surface area contributed by atoms with Crippen LogP contribution in [0, 0.1) is 0 Å². The summed E-state index contributed by atoms with van der Waals surface area (Å²) in [5, 5.41) is 1.27. The van der Waals surface area contributed by atoms with E-state index in [0.717, 1.165) is 36.4 Å². The van der Waals surface area contributed by atoms with Crippen LogP contribution < -0.4 is 15.6 Å². The normalized spacial score (nSPS) is 13.0. The van der Waals surface area contributed by atoms with Gasteiger partial charge in [0.25, 0.3) is 0 Å². The molecule has 0 aromatic heterocycles. The lowest BCUT2D eigenvalue weighted by atomic mass is 10.2. The zero-order valence-corrected chi connectivity index (χ0v) is 16.6. The Hall–Kier alpha value is -2.75. The fourth-order valence-corrected chi connectivity index (χ4v) is 6.06. The van der Waals surface area contributed by atoms with Gasteiger partial charge in [-0.05, 0) is 0 Å². The molecule has 3 aromatic carbocycles. The molecule has 0 saturated carbocycles. The third-order valence-corrected chi connectivity index (χ3v) is 7.87. The summed E-state index contributed by atoms with van der Waals surface area (Å²) in [6.45, 7) is 0. The summed E-state index contributed by atoms with van der Waals surface area (Å²) in [6.07, 6.45) is -13.7. The maximum atomic E-state index is 12.9. The summed E-state index contributed by atoms with van der Waals surface area (Å²) in [4.78, 5) is 0. The predicted molar refractivity (Wildman–Crippen MR) is 100 cm³/mol. The Kier molecular flexibility index (Phi) is 5.96. The topological polar surface area (TPSA) is 0 Å². The predicted octanol–water partition coefficient (Wildman–Crippen LogP) is 4.99. The largest absolute Gasteiger partial charge is 0.416 e. The van der Waals surface area contributed by atoms with Gasteiger partial charge >= 0.3 is 18.5 Å². The lowest BCUT2D eigenvalue weighted by Crippen LogP contribution is -2.52. The van der Waals surface area contributed by atoms with E-state index in [0.29, 0.717) is 15.6 Å². The van der Waals surface area contributed by atoms with E-state index in [1.54, 1.807) is 0 Å². The first-order chi connectivity index (χ1) is 14.3. The molecule has 0 atom stereocenters. The van der Waals surface area contributed by atoms with Crippen LogP contribution >= 0.6 is 0 Å². The van der Waals surface area contributed by atoms with E-state index in [-0.39, 0.29) is 0 Å². The highest BCUT2D eigenvalue weighted by Crippen LogP contribution is 2.30. The molecule has 3 aromatic rings. The van der Waals surface area contributed by atoms with Gasteiger partial charge in [-0.15, -0.1) is 0 Å². The van der Waals surface area contributed by atoms with Crippen molar-refractivity contribution in [2.75, 3.05) is 0 Å². The van der Waals surface area contributed by atoms with Crippen molar-refractivity contribution in [3.63, 3.8) is 0 Å². The van der Waals surface area contributed by atoms with E-state index in [1.165, 1.54) is 36.4 Å². The van der Waals surface area contributed by atoms with Crippen molar-refractivity contribution in [1.29, 1.82) is 0 Å². The maximum Gasteiger partial charge on any atom is 0.416 e. The molecule has 0 saturated heterocycles. The van der Waals surface area contributed by atoms with Gasteiger partial charge in [-0.1, -0.05) is 88.4 Å². The van der Waals surface area contributed by atoms with Crippen LogP contribution in [0.2, 0.25) is 0 Å². The summed E-state index contributed by atoms with van der Waals surface area (Å²) >= 11 is 0. The van der Waals surface area contributed by atoms with Gasteiger partial charge in [-0.3, -0.25) is 0 Å². The molecule has 0 aliphatic heterocycles. The molecule has 3 rings (SSSR count). The first-order valence-corrected chi connectivity index (χ1v) is 10.5. The second-order valence-corrected chi connectivity index (χ2v) is 9.66. The van der Waals surface area contributed by atoms with Gasteiger partial charge in [0, 0.05) is 0 Å². The molecule has 0 fully saturated rings. The second-order valence-electron chi connectivity index (χ2n) is 6.79. The number of halogens is 9. The summed E-state index contributed by atoms with van der Waals surface area (Å²) in [5.41, 5.74) is -2.70. The van der Waals surface area contributed by atoms with Crippen LogP contribution in [-0.4, -0.2) is 8.80 Å². The Morgan fingerprint density at radius 3 is 0.710 bits per heavy atom. The van der Waals surface area contributed by atoms with Gasteiger partial charge in [0.15, 0.2) is 0 Å². The zero-order valence-electron chi connectivity index (χ0n) is 15.4. The van der Waals surface area contributed by atoms with Crippen LogP contribution in [0.15, 0.2) is 72.8 Å². The second kappa shape index (κ2) is 8.06. The highest BCUT2D eigenvalue weighted by Gasteiger charge is 2.33. The molecule has 0 unspecified atom stereocenters. The number of hydrogen-bond acceptors (Lipinski definition) is 0. The van der Waals surface area contributed by atoms with Gasteiger partial charge in [-0.2, -0.15) is 39.5 Å². The molecule has 164 valence electrons. The minimum Gasteiger partial charge on any atom is -0.166 e. The molecule has 31 heavy (non-hydrogen) atoms. The monoisotopic (exact) mass is 464 g/mol. The quantitative estimate of drug-likeness (QED) is 0.291. The van der Waals surface area contributed by atoms with Gasteiger partial charge in [0.05, 0.1) is 16.7 Å². The Morgan fingerprint density at radius 1 is 0.355 bits per heavy atom. The standard InChI is InChI=1S/C21H13F9Si/c22-19(23,24)13-1-7-16(8-2-13)31(17-9-3-14(4-10-17)20(25,26)27)18-11-5-15(6-12-18)21(28,29)30/h1-12,31H. The summed E-state index contributed by atoms with van der Waals surface area (Å²) in [7, 11) is -2.63. The smallest absolute Gasteiger partial charge is 0.166 e. The van der Waals surface area contributed by atoms with E-state index < -0.39 is 44.0 Å². The van der Waals surface area contributed by atoms with Crippen LogP contribution in [0.4, 0.5) is 39.5 Å². The molecule has 0 radical (unpaired) electrons. The van der Waals surface area contributed by atoms with Gasteiger partial charge in [0.2, 0.25) is 0 Å². The fourth-order valence-electron chi connectivity index (χ4n) is 3.17. The number of hydrogen-bond donors (Lipinski definition) is 0. The molecule has 10 heteroatoms. The minimum atomic E-state index is -4.57. The summed E-state index contributed by atoms with van der Waals surface area (Å²) < 4.78 is 116. The fraction of sp³-hybridized carbons (Fsp3) is 0.143. The van der Waals surface area contributed by atoms with Crippen molar-refractivity contribution in [2.24, 2.45) is 0 Å². The summed E-state index contributed by atoms with van der Waals surface area (Å²) in [6, 6.07) is 12.4. The molecule has 0 aliphatic carbocycles. The third kappa shape index (κ3) is 5.30. The van der Waals surface area contributed by atoms with Gasteiger partial charge in [-0.25, -0.2) is 0 Å². The molecular formula is C21H13F9Si. The Labute approximate surface area is 172 Å². The lowest BCUT2D eigenvalue weighted by molar-refractivity contribution is -0.138. The third-order valence-electron chi connectivity index (χ3n) is 4.71.